The SMILES string of the molecule is COC(=O)[C@H](C)NP(=O)(OCC1C/C1=C\n1cnc2c(N)nc(N)nc21)Oc1ccccc1. The number of hydrogen-bond acceptors (Lipinski definition) is 10. The monoisotopic (exact) mass is 473 g/mol. The number of hydrogen-bond donors (Lipinski definition) is 3. The number of para-hydroxylation sites is 1. The van der Waals surface area contributed by atoms with Crippen LogP contribution in [0.25, 0.3) is 17.4 Å². The number of nitrogens with one attached hydrogen (secondary N) is 1. The van der Waals surface area contributed by atoms with Gasteiger partial charge in [0.1, 0.15) is 18.1 Å². The zero-order chi connectivity index (χ0) is 23.6. The van der Waals surface area contributed by atoms with Crippen molar-refractivity contribution in [1.82, 2.24) is 24.6 Å². The normalized spacial score (nSPS) is 19.2. The minimum Gasteiger partial charge on any atom is -0.468 e. The summed E-state index contributed by atoms with van der Waals surface area (Å²) in [7, 11) is -2.63. The second kappa shape index (κ2) is 9.18. The van der Waals surface area contributed by atoms with Gasteiger partial charge < -0.3 is 20.7 Å². The minimum absolute atomic E-state index is 0.00177. The van der Waals surface area contributed by atoms with E-state index in [0.717, 1.165) is 5.57 Å². The molecule has 13 heteroatoms. The number of ether oxygens (including phenoxy) is 1. The van der Waals surface area contributed by atoms with Gasteiger partial charge in [-0.1, -0.05) is 18.2 Å². The molecular weight excluding hydrogens is 449 g/mol. The molecule has 2 aromatic heterocycles. The van der Waals surface area contributed by atoms with Crippen molar-refractivity contribution in [2.75, 3.05) is 25.2 Å². The lowest BCUT2D eigenvalue weighted by Gasteiger charge is -2.22. The topological polar surface area (TPSA) is 169 Å². The molecule has 2 unspecified atom stereocenters. The van der Waals surface area contributed by atoms with E-state index in [9.17, 15) is 9.36 Å². The van der Waals surface area contributed by atoms with Crippen molar-refractivity contribution in [1.29, 1.82) is 0 Å². The lowest BCUT2D eigenvalue weighted by molar-refractivity contribution is -0.142. The van der Waals surface area contributed by atoms with Crippen LogP contribution in [-0.4, -0.2) is 45.2 Å². The first-order chi connectivity index (χ1) is 15.8. The fourth-order valence-electron chi connectivity index (χ4n) is 3.14. The van der Waals surface area contributed by atoms with E-state index in [1.165, 1.54) is 14.0 Å². The van der Waals surface area contributed by atoms with Crippen LogP contribution in [-0.2, 0) is 18.6 Å². The summed E-state index contributed by atoms with van der Waals surface area (Å²) in [5.74, 6) is 0.0180. The summed E-state index contributed by atoms with van der Waals surface area (Å²) in [6.45, 7) is 1.63. The van der Waals surface area contributed by atoms with Crippen LogP contribution < -0.4 is 21.1 Å². The molecule has 0 bridgehead atoms. The largest absolute Gasteiger partial charge is 0.468 e. The predicted molar refractivity (Wildman–Crippen MR) is 122 cm³/mol. The van der Waals surface area contributed by atoms with Crippen molar-refractivity contribution in [2.45, 2.75) is 19.4 Å². The number of carbonyl (C=O) groups excluding carboxylic acids is 1. The highest BCUT2D eigenvalue weighted by molar-refractivity contribution is 7.52. The Bertz CT molecular complexity index is 1250. The number of esters is 1. The zero-order valence-corrected chi connectivity index (χ0v) is 18.9. The van der Waals surface area contributed by atoms with Crippen LogP contribution in [0.15, 0.2) is 42.2 Å². The molecule has 33 heavy (non-hydrogen) atoms. The van der Waals surface area contributed by atoms with Crippen LogP contribution in [0.5, 0.6) is 5.75 Å². The Morgan fingerprint density at radius 2 is 2.09 bits per heavy atom. The summed E-state index contributed by atoms with van der Waals surface area (Å²) in [4.78, 5) is 24.1. The van der Waals surface area contributed by atoms with Gasteiger partial charge >= 0.3 is 13.7 Å². The first kappa shape index (κ1) is 22.7. The maximum Gasteiger partial charge on any atom is 0.459 e. The second-order valence-electron chi connectivity index (χ2n) is 7.47. The van der Waals surface area contributed by atoms with Crippen LogP contribution >= 0.6 is 7.75 Å². The van der Waals surface area contributed by atoms with Crippen LogP contribution in [0, 0.1) is 5.92 Å². The highest BCUT2D eigenvalue weighted by Crippen LogP contribution is 2.48. The Labute approximate surface area is 189 Å². The minimum atomic E-state index is -3.88. The maximum absolute atomic E-state index is 13.4. The van der Waals surface area contributed by atoms with E-state index in [2.05, 4.69) is 20.0 Å². The molecule has 1 fully saturated rings. The van der Waals surface area contributed by atoms with E-state index >= 15 is 0 Å². The smallest absolute Gasteiger partial charge is 0.459 e. The van der Waals surface area contributed by atoms with E-state index in [4.69, 9.17) is 25.3 Å². The third-order valence-corrected chi connectivity index (χ3v) is 6.58. The Morgan fingerprint density at radius 1 is 1.33 bits per heavy atom. The number of rotatable bonds is 9. The number of aromatic nitrogens is 4. The first-order valence-corrected chi connectivity index (χ1v) is 11.6. The zero-order valence-electron chi connectivity index (χ0n) is 18.0. The van der Waals surface area contributed by atoms with Crippen LogP contribution in [0.1, 0.15) is 13.3 Å². The molecule has 1 aliphatic rings. The average Bonchev–Trinajstić information content (AvgIpc) is 3.41. The average molecular weight is 473 g/mol. The molecule has 5 N–H and O–H groups in total. The fraction of sp³-hybridized carbons (Fsp3) is 0.300. The Morgan fingerprint density at radius 3 is 2.82 bits per heavy atom. The quantitative estimate of drug-likeness (QED) is 0.307. The van der Waals surface area contributed by atoms with E-state index in [0.29, 0.717) is 23.3 Å². The molecule has 1 aromatic carbocycles. The third-order valence-electron chi connectivity index (χ3n) is 4.94. The summed E-state index contributed by atoms with van der Waals surface area (Å²) in [5, 5.41) is 2.63. The van der Waals surface area contributed by atoms with Crippen molar-refractivity contribution in [3.63, 3.8) is 0 Å². The van der Waals surface area contributed by atoms with Crippen molar-refractivity contribution in [2.24, 2.45) is 5.92 Å². The van der Waals surface area contributed by atoms with E-state index < -0.39 is 19.8 Å². The van der Waals surface area contributed by atoms with E-state index in [1.807, 2.05) is 6.20 Å². The maximum atomic E-state index is 13.4. The van der Waals surface area contributed by atoms with Crippen molar-refractivity contribution in [3.8, 4) is 5.75 Å². The Hall–Kier alpha value is -3.47. The lowest BCUT2D eigenvalue weighted by Crippen LogP contribution is -2.34. The fourth-order valence-corrected chi connectivity index (χ4v) is 4.68. The Kier molecular flexibility index (Phi) is 6.32. The van der Waals surface area contributed by atoms with Gasteiger partial charge in [-0.25, -0.2) is 9.55 Å². The van der Waals surface area contributed by atoms with Gasteiger partial charge in [0.05, 0.1) is 13.7 Å². The van der Waals surface area contributed by atoms with Crippen molar-refractivity contribution >= 4 is 42.8 Å². The highest BCUT2D eigenvalue weighted by atomic mass is 31.2. The highest BCUT2D eigenvalue weighted by Gasteiger charge is 2.37. The van der Waals surface area contributed by atoms with Gasteiger partial charge in [-0.2, -0.15) is 15.1 Å². The van der Waals surface area contributed by atoms with E-state index in [-0.39, 0.29) is 24.3 Å². The number of nitrogens with zero attached hydrogens (tertiary/aromatic N) is 4. The van der Waals surface area contributed by atoms with Gasteiger partial charge in [0, 0.05) is 12.1 Å². The van der Waals surface area contributed by atoms with Crippen LogP contribution in [0.4, 0.5) is 11.8 Å². The molecule has 2 heterocycles. The molecule has 1 aliphatic carbocycles. The van der Waals surface area contributed by atoms with Gasteiger partial charge in [-0.3, -0.25) is 13.9 Å². The molecular formula is C20H24N7O5P. The number of benzene rings is 1. The molecule has 1 saturated carbocycles. The molecule has 174 valence electrons. The molecule has 12 nitrogen and oxygen atoms in total. The van der Waals surface area contributed by atoms with Gasteiger partial charge in [-0.15, -0.1) is 0 Å². The lowest BCUT2D eigenvalue weighted by atomic mass is 10.3. The van der Waals surface area contributed by atoms with Crippen molar-refractivity contribution in [3.05, 3.63) is 42.2 Å². The molecule has 0 radical (unpaired) electrons. The number of anilines is 2. The van der Waals surface area contributed by atoms with Crippen molar-refractivity contribution < 1.29 is 23.1 Å². The summed E-state index contributed by atoms with van der Waals surface area (Å²) >= 11 is 0. The molecule has 4 rings (SSSR count). The second-order valence-corrected chi connectivity index (χ2v) is 9.16. The number of nitrogen functional groups attached to an aromatic ring is 2. The van der Waals surface area contributed by atoms with Gasteiger partial charge in [0.15, 0.2) is 17.0 Å². The number of methoxy groups -OCH3 is 1. The third kappa shape index (κ3) is 5.30. The Balaban J connectivity index is 1.46. The molecule has 0 saturated heterocycles. The molecule has 3 aromatic rings. The molecule has 0 spiro atoms. The summed E-state index contributed by atoms with van der Waals surface area (Å²) < 4.78 is 31.1. The first-order valence-electron chi connectivity index (χ1n) is 10.1. The number of carbonyl (C=O) groups is 1. The van der Waals surface area contributed by atoms with E-state index in [1.54, 1.807) is 41.2 Å². The van der Waals surface area contributed by atoms with Crippen LogP contribution in [0.3, 0.4) is 0 Å². The summed E-state index contributed by atoms with van der Waals surface area (Å²) in [6, 6.07) is 7.68. The summed E-state index contributed by atoms with van der Waals surface area (Å²) in [6.07, 6.45) is 4.14. The molecule has 0 amide bonds. The predicted octanol–water partition coefficient (Wildman–Crippen LogP) is 2.21. The number of imidazole rings is 1. The van der Waals surface area contributed by atoms with Gasteiger partial charge in [0.2, 0.25) is 5.95 Å². The van der Waals surface area contributed by atoms with Crippen LogP contribution in [0.2, 0.25) is 0 Å². The standard InChI is InChI=1S/C20H24N7O5P/c1-12(19(28)30-2)26-33(29,32-15-6-4-3-5-7-15)31-10-14-8-13(14)9-27-11-23-16-17(21)24-20(22)25-18(16)27/h3-7,9,11-12,14H,8,10H2,1-2H3,(H,26,29)(H4,21,22,24,25)/b13-9+/t12-,14?,33?/m0/s1. The summed E-state index contributed by atoms with van der Waals surface area (Å²) in [5.41, 5.74) is 13.5. The number of fused-ring (bicyclic) bond motifs is 1. The van der Waals surface area contributed by atoms with Gasteiger partial charge in [0.25, 0.3) is 0 Å². The van der Waals surface area contributed by atoms with Gasteiger partial charge in [-0.05, 0) is 31.1 Å². The molecule has 0 aliphatic heterocycles. The molecule has 3 atom stereocenters. The number of nitrogens with two attached hydrogens (primary N) is 2.